The van der Waals surface area contributed by atoms with Crippen molar-refractivity contribution in [3.05, 3.63) is 35.7 Å². The number of aromatic nitrogens is 4. The monoisotopic (exact) mass is 229 g/mol. The van der Waals surface area contributed by atoms with E-state index in [-0.39, 0.29) is 0 Å². The lowest BCUT2D eigenvalue weighted by molar-refractivity contribution is 0.520. The summed E-state index contributed by atoms with van der Waals surface area (Å²) < 4.78 is 7.20. The van der Waals surface area contributed by atoms with Crippen molar-refractivity contribution in [1.29, 1.82) is 0 Å². The smallest absolute Gasteiger partial charge is 0.220 e. The van der Waals surface area contributed by atoms with Gasteiger partial charge in [-0.15, -0.1) is 10.2 Å². The summed E-state index contributed by atoms with van der Waals surface area (Å²) in [5, 5.41) is 12.4. The SMILES string of the molecule is Cc1ccc2nnc(-c3ccc(CN)o3)n2n1. The van der Waals surface area contributed by atoms with E-state index in [2.05, 4.69) is 15.3 Å². The van der Waals surface area contributed by atoms with Gasteiger partial charge in [0, 0.05) is 0 Å². The minimum absolute atomic E-state index is 0.364. The molecule has 0 aliphatic heterocycles. The highest BCUT2D eigenvalue weighted by Crippen LogP contribution is 2.20. The summed E-state index contributed by atoms with van der Waals surface area (Å²) in [6.45, 7) is 2.28. The van der Waals surface area contributed by atoms with E-state index in [1.165, 1.54) is 0 Å². The second kappa shape index (κ2) is 3.67. The van der Waals surface area contributed by atoms with E-state index in [1.807, 2.05) is 31.2 Å². The third-order valence-electron chi connectivity index (χ3n) is 2.48. The molecule has 86 valence electrons. The lowest BCUT2D eigenvalue weighted by atomic mass is 10.4. The van der Waals surface area contributed by atoms with Crippen LogP contribution in [0.3, 0.4) is 0 Å². The van der Waals surface area contributed by atoms with Crippen LogP contribution in [0, 0.1) is 6.92 Å². The summed E-state index contributed by atoms with van der Waals surface area (Å²) in [5.41, 5.74) is 7.08. The highest BCUT2D eigenvalue weighted by Gasteiger charge is 2.12. The normalized spacial score (nSPS) is 11.2. The summed E-state index contributed by atoms with van der Waals surface area (Å²) in [5.74, 6) is 1.92. The fraction of sp³-hybridized carbons (Fsp3) is 0.182. The zero-order valence-corrected chi connectivity index (χ0v) is 9.29. The molecule has 3 heterocycles. The molecule has 2 N–H and O–H groups in total. The van der Waals surface area contributed by atoms with Gasteiger partial charge in [0.05, 0.1) is 12.2 Å². The molecular weight excluding hydrogens is 218 g/mol. The molecule has 0 unspecified atom stereocenters. The predicted octanol–water partition coefficient (Wildman–Crippen LogP) is 1.15. The van der Waals surface area contributed by atoms with Crippen LogP contribution in [0.5, 0.6) is 0 Å². The molecule has 0 aliphatic carbocycles. The van der Waals surface area contributed by atoms with Crippen molar-refractivity contribution in [1.82, 2.24) is 19.8 Å². The topological polar surface area (TPSA) is 82.2 Å². The van der Waals surface area contributed by atoms with Crippen LogP contribution in [0.4, 0.5) is 0 Å². The average molecular weight is 229 g/mol. The maximum Gasteiger partial charge on any atom is 0.220 e. The molecule has 0 saturated carbocycles. The van der Waals surface area contributed by atoms with Crippen LogP contribution in [0.15, 0.2) is 28.7 Å². The molecule has 0 aliphatic rings. The van der Waals surface area contributed by atoms with Gasteiger partial charge in [0.15, 0.2) is 11.4 Å². The van der Waals surface area contributed by atoms with Crippen LogP contribution in [0.25, 0.3) is 17.2 Å². The Labute approximate surface area is 97.1 Å². The average Bonchev–Trinajstić information content (AvgIpc) is 2.93. The summed E-state index contributed by atoms with van der Waals surface area (Å²) in [4.78, 5) is 0. The number of aryl methyl sites for hydroxylation is 1. The number of furan rings is 1. The predicted molar refractivity (Wildman–Crippen MR) is 61.1 cm³/mol. The third kappa shape index (κ3) is 1.58. The Morgan fingerprint density at radius 1 is 1.24 bits per heavy atom. The molecule has 0 amide bonds. The van der Waals surface area contributed by atoms with Crippen LogP contribution >= 0.6 is 0 Å². The number of fused-ring (bicyclic) bond motifs is 1. The molecule has 0 aromatic carbocycles. The fourth-order valence-corrected chi connectivity index (χ4v) is 1.64. The van der Waals surface area contributed by atoms with Gasteiger partial charge in [0.1, 0.15) is 5.76 Å². The molecule has 6 heteroatoms. The van der Waals surface area contributed by atoms with Gasteiger partial charge in [-0.2, -0.15) is 9.61 Å². The third-order valence-corrected chi connectivity index (χ3v) is 2.48. The summed E-state index contributed by atoms with van der Waals surface area (Å²) >= 11 is 0. The minimum atomic E-state index is 0.364. The molecule has 0 radical (unpaired) electrons. The van der Waals surface area contributed by atoms with Gasteiger partial charge in [-0.1, -0.05) is 0 Å². The van der Waals surface area contributed by atoms with E-state index >= 15 is 0 Å². The number of nitrogens with two attached hydrogens (primary N) is 1. The zero-order chi connectivity index (χ0) is 11.8. The van der Waals surface area contributed by atoms with Gasteiger partial charge in [-0.3, -0.25) is 0 Å². The van der Waals surface area contributed by atoms with Gasteiger partial charge in [-0.05, 0) is 31.2 Å². The quantitative estimate of drug-likeness (QED) is 0.712. The maximum absolute atomic E-state index is 5.54. The van der Waals surface area contributed by atoms with Gasteiger partial charge in [0.25, 0.3) is 0 Å². The molecule has 3 aromatic heterocycles. The standard InChI is InChI=1S/C11H11N5O/c1-7-2-5-10-13-14-11(16(10)15-7)9-4-3-8(6-12)17-9/h2-5H,6,12H2,1H3. The highest BCUT2D eigenvalue weighted by atomic mass is 16.3. The maximum atomic E-state index is 5.54. The first-order valence-corrected chi connectivity index (χ1v) is 5.26. The van der Waals surface area contributed by atoms with E-state index < -0.39 is 0 Å². The highest BCUT2D eigenvalue weighted by molar-refractivity contribution is 5.52. The first-order valence-electron chi connectivity index (χ1n) is 5.26. The first kappa shape index (κ1) is 9.98. The van der Waals surface area contributed by atoms with E-state index in [9.17, 15) is 0 Å². The van der Waals surface area contributed by atoms with E-state index in [0.717, 1.165) is 5.69 Å². The number of rotatable bonds is 2. The van der Waals surface area contributed by atoms with E-state index in [0.29, 0.717) is 29.5 Å². The Kier molecular flexibility index (Phi) is 2.15. The molecule has 17 heavy (non-hydrogen) atoms. The summed E-state index contributed by atoms with van der Waals surface area (Å²) in [6, 6.07) is 7.40. The summed E-state index contributed by atoms with van der Waals surface area (Å²) in [6.07, 6.45) is 0. The Hall–Kier alpha value is -2.21. The van der Waals surface area contributed by atoms with Gasteiger partial charge >= 0.3 is 0 Å². The van der Waals surface area contributed by atoms with Crippen molar-refractivity contribution < 1.29 is 4.42 Å². The largest absolute Gasteiger partial charge is 0.456 e. The van der Waals surface area contributed by atoms with E-state index in [1.54, 1.807) is 4.52 Å². The van der Waals surface area contributed by atoms with E-state index in [4.69, 9.17) is 10.2 Å². The molecule has 0 bridgehead atoms. The van der Waals surface area contributed by atoms with Gasteiger partial charge in [0.2, 0.25) is 5.82 Å². The molecule has 0 atom stereocenters. The van der Waals surface area contributed by atoms with Crippen LogP contribution < -0.4 is 5.73 Å². The molecule has 0 fully saturated rings. The van der Waals surface area contributed by atoms with Gasteiger partial charge < -0.3 is 10.2 Å². The van der Waals surface area contributed by atoms with Crippen molar-refractivity contribution in [3.8, 4) is 11.6 Å². The Morgan fingerprint density at radius 3 is 2.88 bits per heavy atom. The summed E-state index contributed by atoms with van der Waals surface area (Å²) in [7, 11) is 0. The number of nitrogens with zero attached hydrogens (tertiary/aromatic N) is 4. The lowest BCUT2D eigenvalue weighted by Crippen LogP contribution is -1.96. The van der Waals surface area contributed by atoms with Crippen LogP contribution in [0.1, 0.15) is 11.5 Å². The fourth-order valence-electron chi connectivity index (χ4n) is 1.64. The van der Waals surface area contributed by atoms with Crippen molar-refractivity contribution in [2.75, 3.05) is 0 Å². The lowest BCUT2D eigenvalue weighted by Gasteiger charge is -1.96. The second-order valence-electron chi connectivity index (χ2n) is 3.74. The number of hydrogen-bond donors (Lipinski definition) is 1. The minimum Gasteiger partial charge on any atom is -0.456 e. The van der Waals surface area contributed by atoms with Gasteiger partial charge in [-0.25, -0.2) is 0 Å². The molecular formula is C11H11N5O. The zero-order valence-electron chi connectivity index (χ0n) is 9.29. The van der Waals surface area contributed by atoms with Crippen molar-refractivity contribution in [3.63, 3.8) is 0 Å². The molecule has 3 aromatic rings. The second-order valence-corrected chi connectivity index (χ2v) is 3.74. The molecule has 3 rings (SSSR count). The van der Waals surface area contributed by atoms with Crippen LogP contribution in [-0.2, 0) is 6.54 Å². The molecule has 0 saturated heterocycles. The van der Waals surface area contributed by atoms with Crippen molar-refractivity contribution >= 4 is 5.65 Å². The Bertz CT molecular complexity index is 669. The molecule has 0 spiro atoms. The van der Waals surface area contributed by atoms with Crippen LogP contribution in [-0.4, -0.2) is 19.8 Å². The Balaban J connectivity index is 2.19. The first-order chi connectivity index (χ1) is 8.28. The van der Waals surface area contributed by atoms with Crippen molar-refractivity contribution in [2.45, 2.75) is 13.5 Å². The Morgan fingerprint density at radius 2 is 2.12 bits per heavy atom. The van der Waals surface area contributed by atoms with Crippen LogP contribution in [0.2, 0.25) is 0 Å². The number of hydrogen-bond acceptors (Lipinski definition) is 5. The molecule has 6 nitrogen and oxygen atoms in total. The van der Waals surface area contributed by atoms with Crippen molar-refractivity contribution in [2.24, 2.45) is 5.73 Å².